The van der Waals surface area contributed by atoms with Crippen LogP contribution in [0, 0.1) is 0 Å². The van der Waals surface area contributed by atoms with Crippen LogP contribution in [0.5, 0.6) is 0 Å². The van der Waals surface area contributed by atoms with E-state index in [1.54, 1.807) is 0 Å². The number of nitrogens with zero attached hydrogens (tertiary/aromatic N) is 3. The molecule has 1 aromatic heterocycles. The molecule has 7 heteroatoms. The van der Waals surface area contributed by atoms with E-state index in [1.165, 1.54) is 11.1 Å². The van der Waals surface area contributed by atoms with Crippen molar-refractivity contribution < 1.29 is 9.26 Å². The van der Waals surface area contributed by atoms with Gasteiger partial charge in [-0.05, 0) is 62.0 Å². The number of thiocarbonyl (C=S) groups is 1. The van der Waals surface area contributed by atoms with Crippen LogP contribution < -0.4 is 5.32 Å². The highest BCUT2D eigenvalue weighted by Crippen LogP contribution is 2.37. The van der Waals surface area contributed by atoms with Gasteiger partial charge in [0.2, 0.25) is 5.82 Å². The zero-order valence-electron chi connectivity index (χ0n) is 21.0. The second-order valence-corrected chi connectivity index (χ2v) is 9.04. The van der Waals surface area contributed by atoms with Crippen LogP contribution in [0.4, 0.5) is 0 Å². The molecule has 0 radical (unpaired) electrons. The average Bonchev–Trinajstić information content (AvgIpc) is 3.37. The number of benzene rings is 2. The molecule has 184 valence electrons. The largest absolute Gasteiger partial charge is 0.382 e. The number of hydrogen-bond acceptors (Lipinski definition) is 5. The maximum Gasteiger partial charge on any atom is 0.258 e. The van der Waals surface area contributed by atoms with Gasteiger partial charge < -0.3 is 19.5 Å². The number of rotatable bonds is 10. The molecule has 1 aliphatic heterocycles. The van der Waals surface area contributed by atoms with Gasteiger partial charge in [0.05, 0.1) is 11.6 Å². The second-order valence-electron chi connectivity index (χ2n) is 8.65. The minimum absolute atomic E-state index is 0.174. The van der Waals surface area contributed by atoms with Gasteiger partial charge in [0.25, 0.3) is 5.89 Å². The van der Waals surface area contributed by atoms with Crippen LogP contribution in [0.1, 0.15) is 62.7 Å². The first-order valence-corrected chi connectivity index (χ1v) is 12.8. The van der Waals surface area contributed by atoms with Gasteiger partial charge in [-0.25, -0.2) is 0 Å². The minimum atomic E-state index is -0.174. The molecule has 6 nitrogen and oxygen atoms in total. The average molecular weight is 491 g/mol. The third-order valence-corrected chi connectivity index (χ3v) is 6.81. The van der Waals surface area contributed by atoms with E-state index in [2.05, 4.69) is 72.5 Å². The summed E-state index contributed by atoms with van der Waals surface area (Å²) in [5, 5.41) is 8.55. The summed E-state index contributed by atoms with van der Waals surface area (Å²) < 4.78 is 11.4. The Labute approximate surface area is 213 Å². The predicted molar refractivity (Wildman–Crippen MR) is 144 cm³/mol. The number of allylic oxidation sites excluding steroid dienone is 1. The van der Waals surface area contributed by atoms with Crippen molar-refractivity contribution in [2.75, 3.05) is 19.8 Å². The molecule has 0 aliphatic carbocycles. The topological polar surface area (TPSA) is 63.4 Å². The Morgan fingerprint density at radius 3 is 2.29 bits per heavy atom. The molecule has 35 heavy (non-hydrogen) atoms. The van der Waals surface area contributed by atoms with Crippen molar-refractivity contribution in [2.24, 2.45) is 0 Å². The number of hydrogen-bond donors (Lipinski definition) is 1. The number of aryl methyl sites for hydroxylation is 2. The first-order valence-electron chi connectivity index (χ1n) is 12.4. The zero-order chi connectivity index (χ0) is 24.8. The van der Waals surface area contributed by atoms with Crippen LogP contribution in [0.3, 0.4) is 0 Å². The van der Waals surface area contributed by atoms with Gasteiger partial charge in [-0.15, -0.1) is 0 Å². The summed E-state index contributed by atoms with van der Waals surface area (Å²) in [6, 6.07) is 16.8. The summed E-state index contributed by atoms with van der Waals surface area (Å²) in [4.78, 5) is 6.93. The Morgan fingerprint density at radius 1 is 1.00 bits per heavy atom. The summed E-state index contributed by atoms with van der Waals surface area (Å²) in [6.45, 7) is 10.5. The van der Waals surface area contributed by atoms with Crippen LogP contribution in [0.15, 0.2) is 58.8 Å². The van der Waals surface area contributed by atoms with E-state index in [9.17, 15) is 0 Å². The van der Waals surface area contributed by atoms with Crippen LogP contribution in [0.25, 0.3) is 17.0 Å². The molecule has 4 rings (SSSR count). The quantitative estimate of drug-likeness (QED) is 0.278. The van der Waals surface area contributed by atoms with Gasteiger partial charge in [-0.1, -0.05) is 67.5 Å². The Bertz CT molecular complexity index is 1170. The van der Waals surface area contributed by atoms with E-state index >= 15 is 0 Å². The van der Waals surface area contributed by atoms with E-state index in [0.717, 1.165) is 48.2 Å². The molecular weight excluding hydrogens is 456 g/mol. The Kier molecular flexibility index (Phi) is 8.31. The third-order valence-electron chi connectivity index (χ3n) is 6.47. The molecule has 0 amide bonds. The summed E-state index contributed by atoms with van der Waals surface area (Å²) in [6.07, 6.45) is 2.86. The molecule has 0 saturated carbocycles. The fraction of sp³-hybridized carbons (Fsp3) is 0.393. The molecular formula is C28H34N4O2S. The highest BCUT2D eigenvalue weighted by atomic mass is 32.1. The molecule has 0 fully saturated rings. The first-order chi connectivity index (χ1) is 17.0. The Hall–Kier alpha value is -3.03. The lowest BCUT2D eigenvalue weighted by Crippen LogP contribution is -2.46. The fourth-order valence-electron chi connectivity index (χ4n) is 4.33. The number of aromatic nitrogens is 2. The lowest BCUT2D eigenvalue weighted by atomic mass is 9.94. The van der Waals surface area contributed by atoms with E-state index in [4.69, 9.17) is 26.5 Å². The van der Waals surface area contributed by atoms with Crippen LogP contribution >= 0.6 is 12.2 Å². The van der Waals surface area contributed by atoms with Crippen LogP contribution in [-0.4, -0.2) is 39.9 Å². The van der Waals surface area contributed by atoms with Gasteiger partial charge in [0.15, 0.2) is 5.11 Å². The van der Waals surface area contributed by atoms with E-state index in [1.807, 2.05) is 19.1 Å². The minimum Gasteiger partial charge on any atom is -0.382 e. The van der Waals surface area contributed by atoms with Crippen molar-refractivity contribution >= 4 is 22.9 Å². The van der Waals surface area contributed by atoms with Crippen LogP contribution in [-0.2, 0) is 17.6 Å². The van der Waals surface area contributed by atoms with Gasteiger partial charge in [0.1, 0.15) is 0 Å². The maximum atomic E-state index is 5.86. The van der Waals surface area contributed by atoms with Gasteiger partial charge in [-0.2, -0.15) is 4.98 Å². The van der Waals surface area contributed by atoms with Crippen molar-refractivity contribution in [1.82, 2.24) is 20.4 Å². The SMILES string of the molecule is CCOCCCN1C(=S)NC(c2ccc(CC)cc2)C(c2nc(-c3ccc(CC)cc3)no2)=C1C. The van der Waals surface area contributed by atoms with Crippen molar-refractivity contribution in [3.05, 3.63) is 76.8 Å². The van der Waals surface area contributed by atoms with E-state index < -0.39 is 0 Å². The first kappa shape index (κ1) is 25.1. The molecule has 0 spiro atoms. The molecule has 0 bridgehead atoms. The molecule has 0 saturated heterocycles. The van der Waals surface area contributed by atoms with Crippen molar-refractivity contribution in [1.29, 1.82) is 0 Å². The molecule has 1 aliphatic rings. The van der Waals surface area contributed by atoms with Crippen molar-refractivity contribution in [2.45, 2.75) is 53.0 Å². The normalized spacial score (nSPS) is 16.1. The van der Waals surface area contributed by atoms with E-state index in [-0.39, 0.29) is 6.04 Å². The second kappa shape index (κ2) is 11.6. The van der Waals surface area contributed by atoms with Crippen LogP contribution in [0.2, 0.25) is 0 Å². The Morgan fingerprint density at radius 2 is 1.66 bits per heavy atom. The fourth-order valence-corrected chi connectivity index (χ4v) is 4.68. The third kappa shape index (κ3) is 5.63. The highest BCUT2D eigenvalue weighted by Gasteiger charge is 2.33. The van der Waals surface area contributed by atoms with Crippen molar-refractivity contribution in [3.63, 3.8) is 0 Å². The molecule has 2 aromatic carbocycles. The summed E-state index contributed by atoms with van der Waals surface area (Å²) in [7, 11) is 0. The lowest BCUT2D eigenvalue weighted by molar-refractivity contribution is 0.141. The molecule has 1 unspecified atom stereocenters. The van der Waals surface area contributed by atoms with Gasteiger partial charge >= 0.3 is 0 Å². The number of ether oxygens (including phenoxy) is 1. The maximum absolute atomic E-state index is 5.86. The predicted octanol–water partition coefficient (Wildman–Crippen LogP) is 5.95. The summed E-state index contributed by atoms with van der Waals surface area (Å²) >= 11 is 5.79. The molecule has 1 N–H and O–H groups in total. The van der Waals surface area contributed by atoms with Gasteiger partial charge in [-0.3, -0.25) is 0 Å². The Balaban J connectivity index is 1.71. The summed E-state index contributed by atoms with van der Waals surface area (Å²) in [5.74, 6) is 1.09. The molecule has 3 aromatic rings. The van der Waals surface area contributed by atoms with E-state index in [0.29, 0.717) is 30.0 Å². The van der Waals surface area contributed by atoms with Gasteiger partial charge in [0, 0.05) is 31.0 Å². The molecule has 2 heterocycles. The summed E-state index contributed by atoms with van der Waals surface area (Å²) in [5.41, 5.74) is 6.59. The lowest BCUT2D eigenvalue weighted by Gasteiger charge is -2.37. The monoisotopic (exact) mass is 490 g/mol. The zero-order valence-corrected chi connectivity index (χ0v) is 21.8. The molecule has 1 atom stereocenters. The smallest absolute Gasteiger partial charge is 0.258 e. The number of nitrogens with one attached hydrogen (secondary N) is 1. The standard InChI is InChI=1S/C28H34N4O2S/c1-5-20-9-13-22(14-10-20)25-24(19(4)32(28(35)29-25)17-8-18-33-7-3)27-30-26(31-34-27)23-15-11-21(6-2)12-16-23/h9-16,25H,5-8,17-18H2,1-4H3,(H,29,35). The highest BCUT2D eigenvalue weighted by molar-refractivity contribution is 7.80. The van der Waals surface area contributed by atoms with Crippen molar-refractivity contribution in [3.8, 4) is 11.4 Å².